The highest BCUT2D eigenvalue weighted by atomic mass is 19.1. The molecule has 1 aromatic heterocycles. The Morgan fingerprint density at radius 2 is 1.87 bits per heavy atom. The summed E-state index contributed by atoms with van der Waals surface area (Å²) in [6.45, 7) is 0.456. The quantitative estimate of drug-likeness (QED) is 0.610. The van der Waals surface area contributed by atoms with Crippen LogP contribution in [0.3, 0.4) is 0 Å². The van der Waals surface area contributed by atoms with E-state index in [1.165, 1.54) is 24.3 Å². The van der Waals surface area contributed by atoms with Gasteiger partial charge in [0.1, 0.15) is 23.4 Å². The van der Waals surface area contributed by atoms with E-state index in [2.05, 4.69) is 10.1 Å². The number of piperidine rings is 1. The average Bonchev–Trinajstić information content (AvgIpc) is 3.29. The molecule has 1 amide bonds. The van der Waals surface area contributed by atoms with Gasteiger partial charge in [-0.1, -0.05) is 5.16 Å². The third kappa shape index (κ3) is 4.42. The lowest BCUT2D eigenvalue weighted by molar-refractivity contribution is -0.138. The molecule has 1 aliphatic heterocycles. The molecule has 1 saturated heterocycles. The van der Waals surface area contributed by atoms with Crippen LogP contribution in [0.5, 0.6) is 11.5 Å². The standard InChI is InChI=1S/C22H22FN3O4/c1-28-17-9-5-15(6-10-17)21-24-22(30-25-21)19-4-2-3-13-26(19)20(27)14-29-18-11-7-16(23)8-12-18/h5-12,19H,2-4,13-14H2,1H3. The van der Waals surface area contributed by atoms with Crippen molar-refractivity contribution in [1.29, 1.82) is 0 Å². The molecule has 156 valence electrons. The first-order chi connectivity index (χ1) is 14.6. The largest absolute Gasteiger partial charge is 0.497 e. The van der Waals surface area contributed by atoms with E-state index in [1.54, 1.807) is 12.0 Å². The molecule has 30 heavy (non-hydrogen) atoms. The van der Waals surface area contributed by atoms with Gasteiger partial charge in [-0.3, -0.25) is 4.79 Å². The van der Waals surface area contributed by atoms with Crippen molar-refractivity contribution in [2.45, 2.75) is 25.3 Å². The average molecular weight is 411 g/mol. The van der Waals surface area contributed by atoms with E-state index in [-0.39, 0.29) is 24.4 Å². The molecule has 7 nitrogen and oxygen atoms in total. The van der Waals surface area contributed by atoms with Crippen molar-refractivity contribution in [3.63, 3.8) is 0 Å². The Kier molecular flexibility index (Phi) is 5.92. The predicted octanol–water partition coefficient (Wildman–Crippen LogP) is 4.02. The summed E-state index contributed by atoms with van der Waals surface area (Å²) in [5.74, 6) is 1.54. The predicted molar refractivity (Wildman–Crippen MR) is 106 cm³/mol. The summed E-state index contributed by atoms with van der Waals surface area (Å²) in [5.41, 5.74) is 0.805. The van der Waals surface area contributed by atoms with E-state index in [0.29, 0.717) is 24.0 Å². The highest BCUT2D eigenvalue weighted by Crippen LogP contribution is 2.31. The van der Waals surface area contributed by atoms with Crippen molar-refractivity contribution in [2.24, 2.45) is 0 Å². The number of methoxy groups -OCH3 is 1. The van der Waals surface area contributed by atoms with Gasteiger partial charge in [-0.05, 0) is 67.8 Å². The molecule has 1 atom stereocenters. The maximum Gasteiger partial charge on any atom is 0.261 e. The lowest BCUT2D eigenvalue weighted by Crippen LogP contribution is -2.41. The second kappa shape index (κ2) is 8.94. The number of hydrogen-bond acceptors (Lipinski definition) is 6. The van der Waals surface area contributed by atoms with Gasteiger partial charge in [0.25, 0.3) is 5.91 Å². The number of benzene rings is 2. The molecule has 8 heteroatoms. The zero-order valence-corrected chi connectivity index (χ0v) is 16.6. The van der Waals surface area contributed by atoms with Crippen molar-refractivity contribution < 1.29 is 23.2 Å². The van der Waals surface area contributed by atoms with Crippen LogP contribution in [0, 0.1) is 5.82 Å². The normalized spacial score (nSPS) is 16.3. The number of carbonyl (C=O) groups is 1. The molecule has 1 aliphatic rings. The van der Waals surface area contributed by atoms with Crippen LogP contribution >= 0.6 is 0 Å². The zero-order chi connectivity index (χ0) is 20.9. The minimum atomic E-state index is -0.353. The summed E-state index contributed by atoms with van der Waals surface area (Å²) >= 11 is 0. The molecular weight excluding hydrogens is 389 g/mol. The van der Waals surface area contributed by atoms with Crippen LogP contribution in [-0.4, -0.2) is 41.2 Å². The highest BCUT2D eigenvalue weighted by molar-refractivity contribution is 5.78. The molecule has 0 radical (unpaired) electrons. The summed E-state index contributed by atoms with van der Waals surface area (Å²) in [6.07, 6.45) is 2.61. The Morgan fingerprint density at radius 3 is 2.60 bits per heavy atom. The number of carbonyl (C=O) groups excluding carboxylic acids is 1. The van der Waals surface area contributed by atoms with Gasteiger partial charge in [0.2, 0.25) is 11.7 Å². The van der Waals surface area contributed by atoms with Crippen molar-refractivity contribution in [3.8, 4) is 22.9 Å². The number of ether oxygens (including phenoxy) is 2. The van der Waals surface area contributed by atoms with Crippen LogP contribution in [0.2, 0.25) is 0 Å². The molecule has 1 fully saturated rings. The van der Waals surface area contributed by atoms with Gasteiger partial charge >= 0.3 is 0 Å². The van der Waals surface area contributed by atoms with Crippen molar-refractivity contribution in [1.82, 2.24) is 15.0 Å². The number of halogens is 1. The fraction of sp³-hybridized carbons (Fsp3) is 0.318. The van der Waals surface area contributed by atoms with E-state index in [9.17, 15) is 9.18 Å². The van der Waals surface area contributed by atoms with Gasteiger partial charge in [0.15, 0.2) is 6.61 Å². The smallest absolute Gasteiger partial charge is 0.261 e. The summed E-state index contributed by atoms with van der Waals surface area (Å²) in [5, 5.41) is 4.08. The number of rotatable bonds is 6. The first-order valence-electron chi connectivity index (χ1n) is 9.80. The lowest BCUT2D eigenvalue weighted by atomic mass is 10.0. The van der Waals surface area contributed by atoms with Gasteiger partial charge in [-0.15, -0.1) is 0 Å². The van der Waals surface area contributed by atoms with Crippen LogP contribution in [0.1, 0.15) is 31.2 Å². The summed E-state index contributed by atoms with van der Waals surface area (Å²) < 4.78 is 29.2. The summed E-state index contributed by atoms with van der Waals surface area (Å²) in [4.78, 5) is 19.0. The van der Waals surface area contributed by atoms with Gasteiger partial charge < -0.3 is 18.9 Å². The first-order valence-corrected chi connectivity index (χ1v) is 9.80. The number of nitrogens with zero attached hydrogens (tertiary/aromatic N) is 3. The lowest BCUT2D eigenvalue weighted by Gasteiger charge is -2.33. The van der Waals surface area contributed by atoms with Crippen LogP contribution < -0.4 is 9.47 Å². The number of aromatic nitrogens is 2. The second-order valence-corrected chi connectivity index (χ2v) is 7.03. The fourth-order valence-corrected chi connectivity index (χ4v) is 3.47. The Bertz CT molecular complexity index is 988. The number of likely N-dealkylation sites (tertiary alicyclic amines) is 1. The minimum absolute atomic E-state index is 0.137. The molecule has 0 spiro atoms. The molecule has 4 rings (SSSR count). The SMILES string of the molecule is COc1ccc(-c2noc(C3CCCCN3C(=O)COc3ccc(F)cc3)n2)cc1. The van der Waals surface area contributed by atoms with Crippen molar-refractivity contribution >= 4 is 5.91 Å². The Balaban J connectivity index is 1.45. The minimum Gasteiger partial charge on any atom is -0.497 e. The topological polar surface area (TPSA) is 77.7 Å². The third-order valence-corrected chi connectivity index (χ3v) is 5.07. The van der Waals surface area contributed by atoms with Crippen molar-refractivity contribution in [3.05, 3.63) is 60.2 Å². The number of hydrogen-bond donors (Lipinski definition) is 0. The van der Waals surface area contributed by atoms with Gasteiger partial charge in [0, 0.05) is 12.1 Å². The summed E-state index contributed by atoms with van der Waals surface area (Å²) in [6, 6.07) is 12.7. The molecule has 0 aliphatic carbocycles. The molecule has 0 saturated carbocycles. The molecular formula is C22H22FN3O4. The summed E-state index contributed by atoms with van der Waals surface area (Å²) in [7, 11) is 1.61. The molecule has 0 N–H and O–H groups in total. The van der Waals surface area contributed by atoms with Gasteiger partial charge in [-0.2, -0.15) is 4.98 Å². The Morgan fingerprint density at radius 1 is 1.13 bits per heavy atom. The molecule has 0 bridgehead atoms. The van der Waals surface area contributed by atoms with E-state index >= 15 is 0 Å². The van der Waals surface area contributed by atoms with Crippen LogP contribution in [0.15, 0.2) is 53.1 Å². The fourth-order valence-electron chi connectivity index (χ4n) is 3.47. The number of amides is 1. The van der Waals surface area contributed by atoms with E-state index in [0.717, 1.165) is 30.6 Å². The van der Waals surface area contributed by atoms with Gasteiger partial charge in [0.05, 0.1) is 7.11 Å². The van der Waals surface area contributed by atoms with Crippen molar-refractivity contribution in [2.75, 3.05) is 20.3 Å². The molecule has 2 heterocycles. The van der Waals surface area contributed by atoms with E-state index in [4.69, 9.17) is 14.0 Å². The van der Waals surface area contributed by atoms with Crippen LogP contribution in [-0.2, 0) is 4.79 Å². The molecule has 1 unspecified atom stereocenters. The monoisotopic (exact) mass is 411 g/mol. The van der Waals surface area contributed by atoms with E-state index < -0.39 is 0 Å². The Labute approximate surface area is 173 Å². The highest BCUT2D eigenvalue weighted by Gasteiger charge is 2.32. The first kappa shape index (κ1) is 19.9. The van der Waals surface area contributed by atoms with Crippen LogP contribution in [0.4, 0.5) is 4.39 Å². The third-order valence-electron chi connectivity index (χ3n) is 5.07. The Hall–Kier alpha value is -3.42. The molecule has 3 aromatic rings. The zero-order valence-electron chi connectivity index (χ0n) is 16.6. The van der Waals surface area contributed by atoms with Gasteiger partial charge in [-0.25, -0.2) is 4.39 Å². The van der Waals surface area contributed by atoms with E-state index in [1.807, 2.05) is 24.3 Å². The maximum absolute atomic E-state index is 13.0. The van der Waals surface area contributed by atoms with Crippen LogP contribution in [0.25, 0.3) is 11.4 Å². The maximum atomic E-state index is 13.0. The second-order valence-electron chi connectivity index (χ2n) is 7.03. The molecule has 2 aromatic carbocycles.